The predicted octanol–water partition coefficient (Wildman–Crippen LogP) is 14.3. The molecule has 6 N–H and O–H groups in total. The van der Waals surface area contributed by atoms with E-state index in [9.17, 15) is 35.1 Å². The zero-order chi connectivity index (χ0) is 53.3. The van der Waals surface area contributed by atoms with Gasteiger partial charge in [0.2, 0.25) is 5.91 Å². The molecule has 0 aromatic carbocycles. The van der Waals surface area contributed by atoms with Crippen molar-refractivity contribution >= 4 is 11.9 Å². The topological polar surface area (TPSA) is 175 Å². The summed E-state index contributed by atoms with van der Waals surface area (Å²) in [5.74, 6) is -1.19. The Balaban J connectivity index is 2.67. The van der Waals surface area contributed by atoms with E-state index in [2.05, 4.69) is 50.4 Å². The van der Waals surface area contributed by atoms with Gasteiger partial charge in [-0.15, -0.1) is 0 Å². The fourth-order valence-electron chi connectivity index (χ4n) is 9.62. The Morgan fingerprint density at radius 1 is 0.534 bits per heavy atom. The molecule has 0 aliphatic carbocycles. The highest BCUT2D eigenvalue weighted by molar-refractivity contribution is 5.80. The van der Waals surface area contributed by atoms with Crippen LogP contribution in [-0.4, -0.2) is 99.6 Å². The van der Waals surface area contributed by atoms with Gasteiger partial charge in [0.15, 0.2) is 12.4 Å². The Morgan fingerprint density at radius 3 is 1.42 bits per heavy atom. The van der Waals surface area contributed by atoms with Crippen LogP contribution in [0.25, 0.3) is 0 Å². The Kier molecular flexibility index (Phi) is 47.8. The maximum Gasteiger partial charge on any atom is 0.306 e. The van der Waals surface area contributed by atoms with Gasteiger partial charge in [-0.1, -0.05) is 256 Å². The van der Waals surface area contributed by atoms with Crippen LogP contribution in [0.4, 0.5) is 0 Å². The molecule has 0 aromatic heterocycles. The lowest BCUT2D eigenvalue weighted by Gasteiger charge is -2.41. The smallest absolute Gasteiger partial charge is 0.306 e. The number of aliphatic hydroxyl groups excluding tert-OH is 5. The van der Waals surface area contributed by atoms with E-state index in [1.807, 2.05) is 6.08 Å². The number of carbonyl (C=O) groups excluding carboxylic acids is 2. The highest BCUT2D eigenvalue weighted by atomic mass is 16.7. The number of unbranched alkanes of at least 4 members (excludes halogenated alkanes) is 34. The molecule has 1 aliphatic rings. The zero-order valence-electron chi connectivity index (χ0n) is 47.3. The van der Waals surface area contributed by atoms with Crippen LogP contribution in [0.15, 0.2) is 36.5 Å². The van der Waals surface area contributed by atoms with Crippen molar-refractivity contribution in [2.45, 2.75) is 333 Å². The number of nitrogens with one attached hydrogen (secondary N) is 1. The summed E-state index contributed by atoms with van der Waals surface area (Å²) in [5.41, 5.74) is 0. The average Bonchev–Trinajstić information content (AvgIpc) is 3.39. The third kappa shape index (κ3) is 39.0. The number of amides is 1. The van der Waals surface area contributed by atoms with Gasteiger partial charge in [0.05, 0.1) is 25.4 Å². The SMILES string of the molecule is CCCCC/C=C\C/C=C\CCCCCCCCCC(=O)OC1C(OCC(NC(=O)C(O)CCCCCCCCCCCCCCCCCC)C(O)/C=C/CCCCCCCCCCC)OC(CO)C(O)C1O. The molecular weight excluding hydrogens is 919 g/mol. The van der Waals surface area contributed by atoms with E-state index in [-0.39, 0.29) is 13.0 Å². The molecule has 11 nitrogen and oxygen atoms in total. The molecular formula is C62H115NO10. The van der Waals surface area contributed by atoms with Gasteiger partial charge in [-0.2, -0.15) is 0 Å². The highest BCUT2D eigenvalue weighted by Crippen LogP contribution is 2.26. The first-order valence-electron chi connectivity index (χ1n) is 30.8. The van der Waals surface area contributed by atoms with Crippen LogP contribution in [0.2, 0.25) is 0 Å². The maximum atomic E-state index is 13.4. The van der Waals surface area contributed by atoms with Crippen LogP contribution in [0.1, 0.15) is 284 Å². The van der Waals surface area contributed by atoms with E-state index < -0.39 is 67.4 Å². The van der Waals surface area contributed by atoms with Gasteiger partial charge in [0, 0.05) is 6.42 Å². The molecule has 1 saturated heterocycles. The number of rotatable bonds is 52. The maximum absolute atomic E-state index is 13.4. The summed E-state index contributed by atoms with van der Waals surface area (Å²) in [6.07, 6.45) is 48.9. The molecule has 11 heteroatoms. The number of aliphatic hydroxyl groups is 5. The normalized spacial score (nSPS) is 19.6. The molecule has 0 radical (unpaired) electrons. The molecule has 1 fully saturated rings. The van der Waals surface area contributed by atoms with Crippen molar-refractivity contribution in [2.24, 2.45) is 0 Å². The molecule has 8 unspecified atom stereocenters. The molecule has 1 amide bonds. The van der Waals surface area contributed by atoms with Crippen LogP contribution < -0.4 is 5.32 Å². The van der Waals surface area contributed by atoms with Crippen LogP contribution in [0, 0.1) is 0 Å². The lowest BCUT2D eigenvalue weighted by Crippen LogP contribution is -2.61. The number of hydrogen-bond acceptors (Lipinski definition) is 10. The molecule has 428 valence electrons. The van der Waals surface area contributed by atoms with Crippen molar-refractivity contribution in [2.75, 3.05) is 13.2 Å². The van der Waals surface area contributed by atoms with Crippen molar-refractivity contribution in [3.05, 3.63) is 36.5 Å². The van der Waals surface area contributed by atoms with Gasteiger partial charge in [-0.25, -0.2) is 0 Å². The summed E-state index contributed by atoms with van der Waals surface area (Å²) in [7, 11) is 0. The van der Waals surface area contributed by atoms with Gasteiger partial charge in [-0.05, 0) is 57.8 Å². The molecule has 0 bridgehead atoms. The molecule has 1 rings (SSSR count). The van der Waals surface area contributed by atoms with E-state index in [0.717, 1.165) is 77.0 Å². The summed E-state index contributed by atoms with van der Waals surface area (Å²) in [6, 6.07) is -1.02. The lowest BCUT2D eigenvalue weighted by atomic mass is 9.99. The van der Waals surface area contributed by atoms with E-state index in [1.54, 1.807) is 6.08 Å². The molecule has 1 aliphatic heterocycles. The molecule has 8 atom stereocenters. The highest BCUT2D eigenvalue weighted by Gasteiger charge is 2.47. The van der Waals surface area contributed by atoms with Crippen LogP contribution in [0.5, 0.6) is 0 Å². The molecule has 0 spiro atoms. The van der Waals surface area contributed by atoms with Crippen LogP contribution in [-0.2, 0) is 23.8 Å². The number of esters is 1. The second-order valence-electron chi connectivity index (χ2n) is 21.4. The first kappa shape index (κ1) is 68.9. The molecule has 1 heterocycles. The minimum absolute atomic E-state index is 0.117. The quantitative estimate of drug-likeness (QED) is 0.0195. The summed E-state index contributed by atoms with van der Waals surface area (Å²) in [6.45, 7) is 5.77. The minimum Gasteiger partial charge on any atom is -0.454 e. The fraction of sp³-hybridized carbons (Fsp3) is 0.871. The Bertz CT molecular complexity index is 1330. The molecule has 0 aromatic rings. The Hall–Kier alpha value is -2.12. The Labute approximate surface area is 447 Å². The van der Waals surface area contributed by atoms with Crippen molar-refractivity contribution in [3.8, 4) is 0 Å². The van der Waals surface area contributed by atoms with Crippen molar-refractivity contribution in [1.29, 1.82) is 0 Å². The number of carbonyl (C=O) groups is 2. The third-order valence-corrected chi connectivity index (χ3v) is 14.5. The van der Waals surface area contributed by atoms with Crippen LogP contribution >= 0.6 is 0 Å². The van der Waals surface area contributed by atoms with Gasteiger partial charge in [-0.3, -0.25) is 9.59 Å². The van der Waals surface area contributed by atoms with Crippen LogP contribution in [0.3, 0.4) is 0 Å². The second kappa shape index (κ2) is 50.7. The zero-order valence-corrected chi connectivity index (χ0v) is 47.3. The second-order valence-corrected chi connectivity index (χ2v) is 21.4. The van der Waals surface area contributed by atoms with Crippen molar-refractivity contribution in [1.82, 2.24) is 5.32 Å². The first-order chi connectivity index (χ1) is 35.7. The van der Waals surface area contributed by atoms with Gasteiger partial charge < -0.3 is 45.1 Å². The van der Waals surface area contributed by atoms with Gasteiger partial charge >= 0.3 is 5.97 Å². The summed E-state index contributed by atoms with van der Waals surface area (Å²) in [5, 5.41) is 56.9. The van der Waals surface area contributed by atoms with E-state index >= 15 is 0 Å². The molecule has 73 heavy (non-hydrogen) atoms. The largest absolute Gasteiger partial charge is 0.454 e. The minimum atomic E-state index is -1.61. The standard InChI is InChI=1S/C62H115NO10/c1-4-7-10-13-16-19-22-24-26-28-30-32-35-38-41-44-47-50-57(67)73-60-59(69)58(68)56(51-64)72-62(60)71-52-53(54(65)48-45-42-39-36-33-21-18-15-12-9-6-3)63-61(70)55(66)49-46-43-40-37-34-31-29-27-25-23-20-17-14-11-8-5-2/h16,19,24,26,45,48,53-56,58-60,62,64-66,68-69H,4-15,17-18,20-23,25,27-44,46-47,49-52H2,1-3H3,(H,63,70)/b19-16-,26-24-,48-45+. The predicted molar refractivity (Wildman–Crippen MR) is 301 cm³/mol. The number of allylic oxidation sites excluding steroid dienone is 5. The molecule has 0 saturated carbocycles. The monoisotopic (exact) mass is 1030 g/mol. The third-order valence-electron chi connectivity index (χ3n) is 14.5. The van der Waals surface area contributed by atoms with Gasteiger partial charge in [0.25, 0.3) is 0 Å². The van der Waals surface area contributed by atoms with E-state index in [0.29, 0.717) is 19.3 Å². The van der Waals surface area contributed by atoms with Crippen molar-refractivity contribution < 1.29 is 49.3 Å². The fourth-order valence-corrected chi connectivity index (χ4v) is 9.62. The summed E-state index contributed by atoms with van der Waals surface area (Å²) >= 11 is 0. The van der Waals surface area contributed by atoms with Gasteiger partial charge in [0.1, 0.15) is 24.4 Å². The summed E-state index contributed by atoms with van der Waals surface area (Å²) < 4.78 is 17.6. The lowest BCUT2D eigenvalue weighted by molar-refractivity contribution is -0.305. The van der Waals surface area contributed by atoms with E-state index in [4.69, 9.17) is 14.2 Å². The summed E-state index contributed by atoms with van der Waals surface area (Å²) in [4.78, 5) is 26.5. The number of hydrogen-bond donors (Lipinski definition) is 6. The van der Waals surface area contributed by atoms with Crippen molar-refractivity contribution in [3.63, 3.8) is 0 Å². The van der Waals surface area contributed by atoms with E-state index in [1.165, 1.54) is 161 Å². The average molecular weight is 1030 g/mol. The number of ether oxygens (including phenoxy) is 3. The Morgan fingerprint density at radius 2 is 0.945 bits per heavy atom. The first-order valence-corrected chi connectivity index (χ1v) is 30.8.